The van der Waals surface area contributed by atoms with Crippen LogP contribution in [0, 0.1) is 0 Å². The van der Waals surface area contributed by atoms with Crippen LogP contribution in [0.1, 0.15) is 33.1 Å². The molecule has 0 spiro atoms. The van der Waals surface area contributed by atoms with Gasteiger partial charge in [0.25, 0.3) is 0 Å². The molecule has 1 heterocycles. The number of hydrogen-bond donors (Lipinski definition) is 1. The van der Waals surface area contributed by atoms with Crippen LogP contribution in [-0.4, -0.2) is 41.8 Å². The van der Waals surface area contributed by atoms with E-state index in [9.17, 15) is 9.59 Å². The second kappa shape index (κ2) is 5.96. The first-order valence-corrected chi connectivity index (χ1v) is 5.48. The molecule has 1 rings (SSSR count). The van der Waals surface area contributed by atoms with Crippen molar-refractivity contribution in [3.63, 3.8) is 0 Å². The second-order valence-electron chi connectivity index (χ2n) is 4.13. The van der Waals surface area contributed by atoms with Crippen molar-refractivity contribution in [2.75, 3.05) is 6.61 Å². The van der Waals surface area contributed by atoms with E-state index in [0.717, 1.165) is 0 Å². The van der Waals surface area contributed by atoms with Crippen LogP contribution in [0.2, 0.25) is 0 Å². The fourth-order valence-electron chi connectivity index (χ4n) is 1.71. The van der Waals surface area contributed by atoms with Gasteiger partial charge in [0.15, 0.2) is 0 Å². The van der Waals surface area contributed by atoms with Crippen molar-refractivity contribution in [3.05, 3.63) is 0 Å². The number of carbonyl (C=O) groups excluding carboxylic acids is 2. The molecule has 0 radical (unpaired) electrons. The van der Waals surface area contributed by atoms with Gasteiger partial charge in [-0.3, -0.25) is 4.79 Å². The molecule has 0 aromatic heterocycles. The van der Waals surface area contributed by atoms with Crippen molar-refractivity contribution >= 4 is 11.8 Å². The number of ether oxygens (including phenoxy) is 2. The first-order valence-electron chi connectivity index (χ1n) is 5.48. The molecule has 5 nitrogen and oxygen atoms in total. The van der Waals surface area contributed by atoms with Crippen LogP contribution in [0.5, 0.6) is 0 Å². The molecule has 0 saturated carbocycles. The molecule has 3 unspecified atom stereocenters. The van der Waals surface area contributed by atoms with E-state index in [1.807, 2.05) is 6.92 Å². The van der Waals surface area contributed by atoms with Crippen molar-refractivity contribution in [2.24, 2.45) is 0 Å². The van der Waals surface area contributed by atoms with E-state index in [2.05, 4.69) is 0 Å². The summed E-state index contributed by atoms with van der Waals surface area (Å²) in [5.41, 5.74) is 0. The molecule has 1 fully saturated rings. The number of aliphatic hydroxyl groups is 1. The van der Waals surface area contributed by atoms with Crippen LogP contribution in [0.25, 0.3) is 0 Å². The second-order valence-corrected chi connectivity index (χ2v) is 4.13. The number of carbonyl (C=O) groups is 2. The van der Waals surface area contributed by atoms with Crippen molar-refractivity contribution in [2.45, 2.75) is 51.4 Å². The van der Waals surface area contributed by atoms with E-state index in [1.165, 1.54) is 6.92 Å². The molecule has 0 aliphatic carbocycles. The van der Waals surface area contributed by atoms with Crippen molar-refractivity contribution in [3.8, 4) is 0 Å². The highest BCUT2D eigenvalue weighted by molar-refractivity contribution is 5.81. The third-order valence-electron chi connectivity index (χ3n) is 2.53. The fourth-order valence-corrected chi connectivity index (χ4v) is 1.71. The molecule has 3 atom stereocenters. The Hall–Kier alpha value is -0.940. The smallest absolute Gasteiger partial charge is 0.306 e. The van der Waals surface area contributed by atoms with E-state index < -0.39 is 12.1 Å². The first-order chi connectivity index (χ1) is 7.52. The van der Waals surface area contributed by atoms with Gasteiger partial charge >= 0.3 is 5.97 Å². The van der Waals surface area contributed by atoms with Gasteiger partial charge in [0.2, 0.25) is 0 Å². The summed E-state index contributed by atoms with van der Waals surface area (Å²) in [5, 5.41) is 9.01. The number of esters is 1. The monoisotopic (exact) mass is 230 g/mol. The average molecular weight is 230 g/mol. The fraction of sp³-hybridized carbons (Fsp3) is 0.818. The zero-order valence-electron chi connectivity index (χ0n) is 9.64. The van der Waals surface area contributed by atoms with Gasteiger partial charge in [-0.15, -0.1) is 0 Å². The maximum atomic E-state index is 11.4. The van der Waals surface area contributed by atoms with Crippen molar-refractivity contribution in [1.82, 2.24) is 0 Å². The zero-order valence-corrected chi connectivity index (χ0v) is 9.64. The Balaban J connectivity index is 2.35. The van der Waals surface area contributed by atoms with E-state index in [1.54, 1.807) is 0 Å². The molecule has 1 N–H and O–H groups in total. The van der Waals surface area contributed by atoms with Crippen LogP contribution < -0.4 is 0 Å². The number of Topliss-reactive ketones (excluding diaryl/α,β-unsaturated/α-hetero) is 1. The summed E-state index contributed by atoms with van der Waals surface area (Å²) in [6, 6.07) is 0. The topological polar surface area (TPSA) is 72.8 Å². The minimum Gasteiger partial charge on any atom is -0.459 e. The Morgan fingerprint density at radius 2 is 2.12 bits per heavy atom. The Kier molecular flexibility index (Phi) is 4.89. The average Bonchev–Trinajstić information content (AvgIpc) is 2.55. The van der Waals surface area contributed by atoms with Gasteiger partial charge in [-0.1, -0.05) is 0 Å². The first kappa shape index (κ1) is 13.1. The van der Waals surface area contributed by atoms with Crippen LogP contribution in [0.4, 0.5) is 0 Å². The lowest BCUT2D eigenvalue weighted by Gasteiger charge is -2.16. The highest BCUT2D eigenvalue weighted by Gasteiger charge is 2.35. The number of ketones is 1. The van der Waals surface area contributed by atoms with Gasteiger partial charge in [0.1, 0.15) is 18.0 Å². The maximum Gasteiger partial charge on any atom is 0.306 e. The van der Waals surface area contributed by atoms with Crippen molar-refractivity contribution in [1.29, 1.82) is 0 Å². The minimum absolute atomic E-state index is 0.0113. The SMILES string of the molecule is CC(=O)CCC(=O)OC1CC(C)OC1CO. The van der Waals surface area contributed by atoms with Gasteiger partial charge in [-0.25, -0.2) is 0 Å². The van der Waals surface area contributed by atoms with Gasteiger partial charge in [0, 0.05) is 12.8 Å². The summed E-state index contributed by atoms with van der Waals surface area (Å²) < 4.78 is 10.5. The van der Waals surface area contributed by atoms with Crippen LogP contribution in [-0.2, 0) is 19.1 Å². The summed E-state index contributed by atoms with van der Waals surface area (Å²) in [7, 11) is 0. The molecule has 1 saturated heterocycles. The highest BCUT2D eigenvalue weighted by Crippen LogP contribution is 2.23. The quantitative estimate of drug-likeness (QED) is 0.694. The van der Waals surface area contributed by atoms with Crippen LogP contribution in [0.15, 0.2) is 0 Å². The molecule has 0 aromatic carbocycles. The summed E-state index contributed by atoms with van der Waals surface area (Å²) in [5.74, 6) is -0.442. The Morgan fingerprint density at radius 1 is 1.44 bits per heavy atom. The summed E-state index contributed by atoms with van der Waals surface area (Å²) in [4.78, 5) is 22.0. The standard InChI is InChI=1S/C11H18O5/c1-7(13)3-4-11(14)16-9-5-8(2)15-10(9)6-12/h8-10,12H,3-6H2,1-2H3. The molecular weight excluding hydrogens is 212 g/mol. The van der Waals surface area contributed by atoms with Gasteiger partial charge in [-0.05, 0) is 13.8 Å². The molecule has 1 aliphatic rings. The summed E-state index contributed by atoms with van der Waals surface area (Å²) >= 11 is 0. The maximum absolute atomic E-state index is 11.4. The molecule has 92 valence electrons. The van der Waals surface area contributed by atoms with E-state index >= 15 is 0 Å². The molecule has 1 aliphatic heterocycles. The normalized spacial score (nSPS) is 29.1. The largest absolute Gasteiger partial charge is 0.459 e. The predicted molar refractivity (Wildman–Crippen MR) is 55.8 cm³/mol. The molecule has 5 heteroatoms. The lowest BCUT2D eigenvalue weighted by Crippen LogP contribution is -2.30. The predicted octanol–water partition coefficient (Wildman–Crippen LogP) is 0.437. The van der Waals surface area contributed by atoms with Gasteiger partial charge in [0.05, 0.1) is 19.1 Å². The van der Waals surface area contributed by atoms with Crippen molar-refractivity contribution < 1.29 is 24.2 Å². The molecular formula is C11H18O5. The van der Waals surface area contributed by atoms with Crippen LogP contribution >= 0.6 is 0 Å². The Morgan fingerprint density at radius 3 is 2.69 bits per heavy atom. The lowest BCUT2D eigenvalue weighted by molar-refractivity contribution is -0.153. The molecule has 0 aromatic rings. The molecule has 0 amide bonds. The van der Waals surface area contributed by atoms with Crippen LogP contribution in [0.3, 0.4) is 0 Å². The Labute approximate surface area is 94.7 Å². The summed E-state index contributed by atoms with van der Waals surface area (Å²) in [6.07, 6.45) is 0.0553. The highest BCUT2D eigenvalue weighted by atomic mass is 16.6. The minimum atomic E-state index is -0.434. The zero-order chi connectivity index (χ0) is 12.1. The number of aliphatic hydroxyl groups excluding tert-OH is 1. The van der Waals surface area contributed by atoms with E-state index in [0.29, 0.717) is 6.42 Å². The molecule has 16 heavy (non-hydrogen) atoms. The third-order valence-corrected chi connectivity index (χ3v) is 2.53. The third kappa shape index (κ3) is 3.90. The van der Waals surface area contributed by atoms with E-state index in [-0.39, 0.29) is 37.4 Å². The van der Waals surface area contributed by atoms with E-state index in [4.69, 9.17) is 14.6 Å². The molecule has 0 bridgehead atoms. The van der Waals surface area contributed by atoms with Gasteiger partial charge in [-0.2, -0.15) is 0 Å². The number of hydrogen-bond acceptors (Lipinski definition) is 5. The van der Waals surface area contributed by atoms with Gasteiger partial charge < -0.3 is 19.4 Å². The lowest BCUT2D eigenvalue weighted by atomic mass is 10.1. The Bertz CT molecular complexity index is 263. The summed E-state index contributed by atoms with van der Waals surface area (Å²) in [6.45, 7) is 3.14. The number of rotatable bonds is 5.